The van der Waals surface area contributed by atoms with Crippen molar-refractivity contribution < 1.29 is 9.53 Å². The minimum absolute atomic E-state index is 0.0140. The summed E-state index contributed by atoms with van der Waals surface area (Å²) in [4.78, 5) is 14.4. The Morgan fingerprint density at radius 1 is 1.24 bits per heavy atom. The molecule has 1 atom stereocenters. The van der Waals surface area contributed by atoms with Gasteiger partial charge in [0, 0.05) is 6.04 Å². The second-order valence-corrected chi connectivity index (χ2v) is 5.43. The molecule has 0 N–H and O–H groups in total. The van der Waals surface area contributed by atoms with Gasteiger partial charge in [-0.3, -0.25) is 9.69 Å². The smallest absolute Gasteiger partial charge is 0.323 e. The molecule has 1 unspecified atom stereocenters. The molecule has 0 aliphatic heterocycles. The van der Waals surface area contributed by atoms with Gasteiger partial charge in [0.1, 0.15) is 6.04 Å². The van der Waals surface area contributed by atoms with Crippen LogP contribution < -0.4 is 0 Å². The Kier molecular flexibility index (Phi) is 4.43. The lowest BCUT2D eigenvalue weighted by Gasteiger charge is -2.38. The molecule has 2 rings (SSSR count). The third-order valence-corrected chi connectivity index (χ3v) is 4.28. The Bertz CT molecular complexity index is 257. The van der Waals surface area contributed by atoms with Crippen LogP contribution in [0, 0.1) is 5.92 Å². The Labute approximate surface area is 105 Å². The van der Waals surface area contributed by atoms with Crippen LogP contribution >= 0.6 is 0 Å². The van der Waals surface area contributed by atoms with E-state index in [2.05, 4.69) is 11.8 Å². The standard InChI is InChI=1S/C14H25NO2/c1-3-15(12-7-5-4-6-8-12)13(11-9-10-11)14(16)17-2/h11-13H,3-10H2,1-2H3. The van der Waals surface area contributed by atoms with E-state index in [4.69, 9.17) is 4.74 Å². The maximum Gasteiger partial charge on any atom is 0.323 e. The SMILES string of the molecule is CCN(C1CCCCC1)C(C(=O)OC)C1CC1. The van der Waals surface area contributed by atoms with Crippen LogP contribution in [-0.4, -0.2) is 36.6 Å². The van der Waals surface area contributed by atoms with Crippen LogP contribution in [0.3, 0.4) is 0 Å². The first-order valence-corrected chi connectivity index (χ1v) is 7.11. The second kappa shape index (κ2) is 5.85. The number of carbonyl (C=O) groups is 1. The summed E-state index contributed by atoms with van der Waals surface area (Å²) in [6.07, 6.45) is 8.91. The number of likely N-dealkylation sites (N-methyl/N-ethyl adjacent to an activating group) is 1. The zero-order valence-corrected chi connectivity index (χ0v) is 11.2. The number of hydrogen-bond donors (Lipinski definition) is 0. The molecule has 2 aliphatic carbocycles. The largest absolute Gasteiger partial charge is 0.468 e. The van der Waals surface area contributed by atoms with E-state index in [9.17, 15) is 4.79 Å². The first-order chi connectivity index (χ1) is 8.27. The Morgan fingerprint density at radius 3 is 2.35 bits per heavy atom. The summed E-state index contributed by atoms with van der Waals surface area (Å²) in [5.41, 5.74) is 0. The molecular weight excluding hydrogens is 214 g/mol. The topological polar surface area (TPSA) is 29.5 Å². The fourth-order valence-electron chi connectivity index (χ4n) is 3.23. The molecule has 2 saturated carbocycles. The monoisotopic (exact) mass is 239 g/mol. The summed E-state index contributed by atoms with van der Waals surface area (Å²) in [5.74, 6) is 0.546. The van der Waals surface area contributed by atoms with Crippen molar-refractivity contribution in [2.75, 3.05) is 13.7 Å². The molecule has 98 valence electrons. The molecule has 2 fully saturated rings. The number of nitrogens with zero attached hydrogens (tertiary/aromatic N) is 1. The van der Waals surface area contributed by atoms with E-state index >= 15 is 0 Å². The van der Waals surface area contributed by atoms with Gasteiger partial charge >= 0.3 is 5.97 Å². The number of carbonyl (C=O) groups excluding carboxylic acids is 1. The van der Waals surface area contributed by atoms with Gasteiger partial charge in [-0.25, -0.2) is 0 Å². The highest BCUT2D eigenvalue weighted by atomic mass is 16.5. The van der Waals surface area contributed by atoms with Gasteiger partial charge in [-0.05, 0) is 38.1 Å². The average Bonchev–Trinajstić information content (AvgIpc) is 3.20. The molecule has 0 aromatic heterocycles. The van der Waals surface area contributed by atoms with Gasteiger partial charge in [0.25, 0.3) is 0 Å². The van der Waals surface area contributed by atoms with Crippen molar-refractivity contribution in [2.45, 2.75) is 64.0 Å². The highest BCUT2D eigenvalue weighted by Gasteiger charge is 2.42. The van der Waals surface area contributed by atoms with E-state index in [-0.39, 0.29) is 12.0 Å². The number of rotatable bonds is 5. The van der Waals surface area contributed by atoms with E-state index in [1.165, 1.54) is 52.1 Å². The molecule has 0 aromatic rings. The van der Waals surface area contributed by atoms with Gasteiger partial charge in [0.2, 0.25) is 0 Å². The molecule has 0 saturated heterocycles. The summed E-state index contributed by atoms with van der Waals surface area (Å²) in [6.45, 7) is 3.15. The van der Waals surface area contributed by atoms with Crippen molar-refractivity contribution >= 4 is 5.97 Å². The minimum atomic E-state index is -0.0140. The van der Waals surface area contributed by atoms with Crippen molar-refractivity contribution in [3.63, 3.8) is 0 Å². The van der Waals surface area contributed by atoms with Crippen LogP contribution in [-0.2, 0) is 9.53 Å². The van der Waals surface area contributed by atoms with E-state index in [1.807, 2.05) is 0 Å². The lowest BCUT2D eigenvalue weighted by atomic mass is 9.92. The van der Waals surface area contributed by atoms with E-state index in [0.29, 0.717) is 12.0 Å². The predicted molar refractivity (Wildman–Crippen MR) is 67.8 cm³/mol. The first kappa shape index (κ1) is 12.9. The quantitative estimate of drug-likeness (QED) is 0.691. The van der Waals surface area contributed by atoms with Crippen LogP contribution in [0.15, 0.2) is 0 Å². The van der Waals surface area contributed by atoms with Crippen LogP contribution in [0.1, 0.15) is 51.9 Å². The van der Waals surface area contributed by atoms with Crippen molar-refractivity contribution in [3.05, 3.63) is 0 Å². The third-order valence-electron chi connectivity index (χ3n) is 4.28. The Balaban J connectivity index is 2.04. The molecule has 0 radical (unpaired) electrons. The van der Waals surface area contributed by atoms with E-state index in [0.717, 1.165) is 6.54 Å². The zero-order valence-electron chi connectivity index (χ0n) is 11.2. The Morgan fingerprint density at radius 2 is 1.88 bits per heavy atom. The molecule has 0 amide bonds. The molecule has 3 heteroatoms. The summed E-state index contributed by atoms with van der Waals surface area (Å²) in [6, 6.07) is 0.645. The molecule has 17 heavy (non-hydrogen) atoms. The number of hydrogen-bond acceptors (Lipinski definition) is 3. The molecule has 2 aliphatic rings. The normalized spacial score (nSPS) is 23.7. The zero-order chi connectivity index (χ0) is 12.3. The fourth-order valence-corrected chi connectivity index (χ4v) is 3.23. The van der Waals surface area contributed by atoms with Crippen molar-refractivity contribution in [1.82, 2.24) is 4.90 Å². The summed E-state index contributed by atoms with van der Waals surface area (Å²) in [5, 5.41) is 0. The van der Waals surface area contributed by atoms with Gasteiger partial charge in [-0.2, -0.15) is 0 Å². The summed E-state index contributed by atoms with van der Waals surface area (Å²) >= 11 is 0. The van der Waals surface area contributed by atoms with Crippen LogP contribution in [0.5, 0.6) is 0 Å². The number of ether oxygens (including phenoxy) is 1. The number of esters is 1. The lowest BCUT2D eigenvalue weighted by molar-refractivity contribution is -0.149. The molecule has 0 heterocycles. The first-order valence-electron chi connectivity index (χ1n) is 7.11. The van der Waals surface area contributed by atoms with E-state index < -0.39 is 0 Å². The molecule has 3 nitrogen and oxygen atoms in total. The minimum Gasteiger partial charge on any atom is -0.468 e. The van der Waals surface area contributed by atoms with Crippen LogP contribution in [0.2, 0.25) is 0 Å². The van der Waals surface area contributed by atoms with E-state index in [1.54, 1.807) is 0 Å². The van der Waals surface area contributed by atoms with Crippen LogP contribution in [0.25, 0.3) is 0 Å². The summed E-state index contributed by atoms with van der Waals surface area (Å²) in [7, 11) is 1.52. The highest BCUT2D eigenvalue weighted by Crippen LogP contribution is 2.38. The van der Waals surface area contributed by atoms with Gasteiger partial charge in [0.15, 0.2) is 0 Å². The Hall–Kier alpha value is -0.570. The fraction of sp³-hybridized carbons (Fsp3) is 0.929. The maximum absolute atomic E-state index is 12.0. The van der Waals surface area contributed by atoms with Gasteiger partial charge in [0.05, 0.1) is 7.11 Å². The molecule has 0 bridgehead atoms. The van der Waals surface area contributed by atoms with Crippen LogP contribution in [0.4, 0.5) is 0 Å². The van der Waals surface area contributed by atoms with Crippen molar-refractivity contribution in [1.29, 1.82) is 0 Å². The summed E-state index contributed by atoms with van der Waals surface area (Å²) < 4.78 is 5.01. The molecule has 0 aromatic carbocycles. The lowest BCUT2D eigenvalue weighted by Crippen LogP contribution is -2.49. The average molecular weight is 239 g/mol. The highest BCUT2D eigenvalue weighted by molar-refractivity contribution is 5.76. The molecule has 0 spiro atoms. The predicted octanol–water partition coefficient (Wildman–Crippen LogP) is 2.59. The van der Waals surface area contributed by atoms with Crippen molar-refractivity contribution in [2.24, 2.45) is 5.92 Å². The van der Waals surface area contributed by atoms with Gasteiger partial charge < -0.3 is 4.74 Å². The number of methoxy groups -OCH3 is 1. The maximum atomic E-state index is 12.0. The van der Waals surface area contributed by atoms with Crippen molar-refractivity contribution in [3.8, 4) is 0 Å². The molecular formula is C14H25NO2. The van der Waals surface area contributed by atoms with Gasteiger partial charge in [-0.1, -0.05) is 26.2 Å². The van der Waals surface area contributed by atoms with Gasteiger partial charge in [-0.15, -0.1) is 0 Å². The second-order valence-electron chi connectivity index (χ2n) is 5.43. The third kappa shape index (κ3) is 3.01.